The second kappa shape index (κ2) is 4.15. The lowest BCUT2D eigenvalue weighted by Crippen LogP contribution is -2.43. The van der Waals surface area contributed by atoms with Gasteiger partial charge in [-0.1, -0.05) is 0 Å². The first-order valence-corrected chi connectivity index (χ1v) is 6.68. The van der Waals surface area contributed by atoms with Gasteiger partial charge in [0.2, 0.25) is 10.0 Å². The minimum atomic E-state index is -3.45. The van der Waals surface area contributed by atoms with Crippen molar-refractivity contribution >= 4 is 10.0 Å². The largest absolute Gasteiger partial charge is 0.329 e. The van der Waals surface area contributed by atoms with E-state index in [1.54, 1.807) is 7.05 Å². The van der Waals surface area contributed by atoms with Gasteiger partial charge in [-0.2, -0.15) is 9.40 Å². The predicted molar refractivity (Wildman–Crippen MR) is 59.1 cm³/mol. The molecule has 0 radical (unpaired) electrons. The molecule has 0 aromatic carbocycles. The molecule has 6 nitrogen and oxygen atoms in total. The van der Waals surface area contributed by atoms with E-state index in [1.165, 1.54) is 16.7 Å². The van der Waals surface area contributed by atoms with Crippen LogP contribution in [-0.4, -0.2) is 42.6 Å². The van der Waals surface area contributed by atoms with Gasteiger partial charge in [0.05, 0.1) is 6.20 Å². The number of hydrogen-bond acceptors (Lipinski definition) is 4. The lowest BCUT2D eigenvalue weighted by molar-refractivity contribution is 0.340. The summed E-state index contributed by atoms with van der Waals surface area (Å²) in [5.41, 5.74) is 5.64. The van der Waals surface area contributed by atoms with Crippen LogP contribution in [0.5, 0.6) is 0 Å². The summed E-state index contributed by atoms with van der Waals surface area (Å²) < 4.78 is 25.6. The molecule has 1 aromatic rings. The second-order valence-electron chi connectivity index (χ2n) is 4.10. The van der Waals surface area contributed by atoms with E-state index in [4.69, 9.17) is 5.73 Å². The van der Waals surface area contributed by atoms with Gasteiger partial charge in [-0.25, -0.2) is 8.42 Å². The molecule has 1 aliphatic carbocycles. The van der Waals surface area contributed by atoms with Crippen LogP contribution in [0.1, 0.15) is 12.8 Å². The zero-order valence-electron chi connectivity index (χ0n) is 9.13. The van der Waals surface area contributed by atoms with Crippen LogP contribution in [0, 0.1) is 5.92 Å². The van der Waals surface area contributed by atoms with Crippen molar-refractivity contribution in [2.75, 3.05) is 13.6 Å². The quantitative estimate of drug-likeness (QED) is 0.748. The molecule has 0 spiro atoms. The summed E-state index contributed by atoms with van der Waals surface area (Å²) in [5.74, 6) is 0.414. The van der Waals surface area contributed by atoms with Crippen LogP contribution in [-0.2, 0) is 10.0 Å². The molecule has 3 N–H and O–H groups in total. The van der Waals surface area contributed by atoms with Gasteiger partial charge in [-0.05, 0) is 18.8 Å². The highest BCUT2D eigenvalue weighted by atomic mass is 32.2. The summed E-state index contributed by atoms with van der Waals surface area (Å²) >= 11 is 0. The molecule has 1 fully saturated rings. The first-order chi connectivity index (χ1) is 7.57. The number of nitrogens with zero attached hydrogens (tertiary/aromatic N) is 2. The highest BCUT2D eigenvalue weighted by Gasteiger charge is 2.38. The van der Waals surface area contributed by atoms with Crippen molar-refractivity contribution in [2.24, 2.45) is 11.7 Å². The molecular formula is C9H16N4O2S. The topological polar surface area (TPSA) is 92.1 Å². The van der Waals surface area contributed by atoms with Crippen molar-refractivity contribution < 1.29 is 8.42 Å². The van der Waals surface area contributed by atoms with Crippen LogP contribution in [0.2, 0.25) is 0 Å². The zero-order valence-corrected chi connectivity index (χ0v) is 9.94. The Kier molecular flexibility index (Phi) is 3.00. The lowest BCUT2D eigenvalue weighted by Gasteiger charge is -2.25. The number of nitrogens with two attached hydrogens (primary N) is 1. The molecule has 0 bridgehead atoms. The van der Waals surface area contributed by atoms with Crippen molar-refractivity contribution in [3.63, 3.8) is 0 Å². The summed E-state index contributed by atoms with van der Waals surface area (Å²) in [6.07, 6.45) is 4.82. The summed E-state index contributed by atoms with van der Waals surface area (Å²) in [4.78, 5) is 0.189. The molecular weight excluding hydrogens is 228 g/mol. The van der Waals surface area contributed by atoms with Gasteiger partial charge in [-0.15, -0.1) is 0 Å². The molecule has 0 amide bonds. The average molecular weight is 244 g/mol. The van der Waals surface area contributed by atoms with Gasteiger partial charge in [0.1, 0.15) is 4.90 Å². The van der Waals surface area contributed by atoms with E-state index in [9.17, 15) is 8.42 Å². The van der Waals surface area contributed by atoms with E-state index < -0.39 is 10.0 Å². The molecule has 0 aliphatic heterocycles. The molecule has 1 aliphatic rings. The van der Waals surface area contributed by atoms with E-state index in [-0.39, 0.29) is 10.9 Å². The monoisotopic (exact) mass is 244 g/mol. The number of nitrogens with one attached hydrogen (secondary N) is 1. The average Bonchev–Trinajstić information content (AvgIpc) is 2.93. The minimum Gasteiger partial charge on any atom is -0.329 e. The summed E-state index contributed by atoms with van der Waals surface area (Å²) in [6.45, 7) is 0.359. The van der Waals surface area contributed by atoms with E-state index in [1.807, 2.05) is 0 Å². The second-order valence-corrected chi connectivity index (χ2v) is 6.09. The Morgan fingerprint density at radius 3 is 2.81 bits per heavy atom. The third-order valence-corrected chi connectivity index (χ3v) is 4.87. The SMILES string of the molecule is CN(C(CN)C1CC1)S(=O)(=O)c1cn[nH]c1. The Morgan fingerprint density at radius 2 is 2.38 bits per heavy atom. The van der Waals surface area contributed by atoms with Crippen LogP contribution in [0.25, 0.3) is 0 Å². The highest BCUT2D eigenvalue weighted by molar-refractivity contribution is 7.89. The van der Waals surface area contributed by atoms with Crippen LogP contribution < -0.4 is 5.73 Å². The predicted octanol–water partition coefficient (Wildman–Crippen LogP) is -0.232. The first kappa shape index (κ1) is 11.6. The van der Waals surface area contributed by atoms with Crippen LogP contribution >= 0.6 is 0 Å². The van der Waals surface area contributed by atoms with Crippen molar-refractivity contribution in [1.82, 2.24) is 14.5 Å². The summed E-state index contributed by atoms with van der Waals surface area (Å²) in [7, 11) is -1.87. The maximum atomic E-state index is 12.1. The fourth-order valence-electron chi connectivity index (χ4n) is 1.84. The molecule has 0 saturated heterocycles. The maximum absolute atomic E-state index is 12.1. The van der Waals surface area contributed by atoms with Crippen LogP contribution in [0.4, 0.5) is 0 Å². The van der Waals surface area contributed by atoms with Gasteiger partial charge in [-0.3, -0.25) is 5.10 Å². The van der Waals surface area contributed by atoms with E-state index in [2.05, 4.69) is 10.2 Å². The molecule has 1 aromatic heterocycles. The molecule has 16 heavy (non-hydrogen) atoms. The number of rotatable bonds is 5. The molecule has 1 unspecified atom stereocenters. The molecule has 7 heteroatoms. The van der Waals surface area contributed by atoms with E-state index in [0.29, 0.717) is 12.5 Å². The smallest absolute Gasteiger partial charge is 0.246 e. The van der Waals surface area contributed by atoms with Gasteiger partial charge in [0.15, 0.2) is 0 Å². The number of sulfonamides is 1. The third-order valence-electron chi connectivity index (χ3n) is 3.02. The summed E-state index contributed by atoms with van der Waals surface area (Å²) in [5, 5.41) is 6.16. The Labute approximate surface area is 94.9 Å². The van der Waals surface area contributed by atoms with Crippen molar-refractivity contribution in [2.45, 2.75) is 23.8 Å². The van der Waals surface area contributed by atoms with Crippen molar-refractivity contribution in [3.05, 3.63) is 12.4 Å². The number of hydrogen-bond donors (Lipinski definition) is 2. The molecule has 2 rings (SSSR count). The molecule has 1 heterocycles. The van der Waals surface area contributed by atoms with Gasteiger partial charge < -0.3 is 5.73 Å². The number of H-pyrrole nitrogens is 1. The van der Waals surface area contributed by atoms with E-state index in [0.717, 1.165) is 12.8 Å². The van der Waals surface area contributed by atoms with Gasteiger partial charge in [0, 0.05) is 25.8 Å². The number of aromatic nitrogens is 2. The third kappa shape index (κ3) is 1.98. The number of aromatic amines is 1. The Bertz CT molecular complexity index is 438. The normalized spacial score (nSPS) is 18.9. The minimum absolute atomic E-state index is 0.0973. The van der Waals surface area contributed by atoms with Crippen molar-refractivity contribution in [3.8, 4) is 0 Å². The molecule has 90 valence electrons. The first-order valence-electron chi connectivity index (χ1n) is 5.24. The Hall–Kier alpha value is -0.920. The van der Waals surface area contributed by atoms with Gasteiger partial charge in [0.25, 0.3) is 0 Å². The van der Waals surface area contributed by atoms with Crippen LogP contribution in [0.15, 0.2) is 17.3 Å². The highest BCUT2D eigenvalue weighted by Crippen LogP contribution is 2.36. The summed E-state index contributed by atoms with van der Waals surface area (Å²) in [6, 6.07) is -0.0973. The zero-order chi connectivity index (χ0) is 11.8. The fourth-order valence-corrected chi connectivity index (χ4v) is 3.18. The molecule has 1 saturated carbocycles. The molecule has 1 atom stereocenters. The Balaban J connectivity index is 2.23. The number of likely N-dealkylation sites (N-methyl/N-ethyl adjacent to an activating group) is 1. The standard InChI is InChI=1S/C9H16N4O2S/c1-13(9(4-10)7-2-3-7)16(14,15)8-5-11-12-6-8/h5-7,9H,2-4,10H2,1H3,(H,11,12). The lowest BCUT2D eigenvalue weighted by atomic mass is 10.2. The van der Waals surface area contributed by atoms with Gasteiger partial charge >= 0.3 is 0 Å². The Morgan fingerprint density at radius 1 is 1.69 bits per heavy atom. The maximum Gasteiger partial charge on any atom is 0.246 e. The fraction of sp³-hybridized carbons (Fsp3) is 0.667. The van der Waals surface area contributed by atoms with E-state index >= 15 is 0 Å². The van der Waals surface area contributed by atoms with Crippen LogP contribution in [0.3, 0.4) is 0 Å². The van der Waals surface area contributed by atoms with Crippen molar-refractivity contribution in [1.29, 1.82) is 0 Å².